The fourth-order valence-corrected chi connectivity index (χ4v) is 2.50. The summed E-state index contributed by atoms with van der Waals surface area (Å²) < 4.78 is 9.53. The molecule has 0 radical (unpaired) electrons. The molecule has 2 N–H and O–H groups in total. The largest absolute Gasteiger partial charge is 0.423 e. The number of nitrogens with one attached hydrogen (secondary N) is 2. The lowest BCUT2D eigenvalue weighted by Crippen LogP contribution is -2.13. The lowest BCUT2D eigenvalue weighted by atomic mass is 10.2. The summed E-state index contributed by atoms with van der Waals surface area (Å²) in [7, 11) is 0. The molecule has 0 amide bonds. The molecule has 0 fully saturated rings. The third-order valence-electron chi connectivity index (χ3n) is 3.55. The van der Waals surface area contributed by atoms with Crippen LogP contribution < -0.4 is 10.2 Å². The van der Waals surface area contributed by atoms with Crippen molar-refractivity contribution in [2.24, 2.45) is 0 Å². The Balaban J connectivity index is 1.51. The lowest BCUT2D eigenvalue weighted by Gasteiger charge is -2.09. The van der Waals surface area contributed by atoms with Crippen LogP contribution in [0.3, 0.4) is 0 Å². The highest BCUT2D eigenvalue weighted by Crippen LogP contribution is 2.22. The third kappa shape index (κ3) is 3.44. The molecule has 0 aliphatic rings. The summed E-state index contributed by atoms with van der Waals surface area (Å²) in [5.74, 6) is 0.632. The quantitative estimate of drug-likeness (QED) is 0.506. The summed E-state index contributed by atoms with van der Waals surface area (Å²) in [6.45, 7) is 0.550. The number of aromatic nitrogens is 7. The summed E-state index contributed by atoms with van der Waals surface area (Å²) in [4.78, 5) is 0. The molecular weight excluding hydrogens is 352 g/mol. The van der Waals surface area contributed by atoms with Crippen molar-refractivity contribution in [2.45, 2.75) is 6.54 Å². The molecule has 0 bridgehead atoms. The Labute approximate surface area is 153 Å². The van der Waals surface area contributed by atoms with Crippen LogP contribution in [0.25, 0.3) is 5.69 Å². The monoisotopic (exact) mass is 366 g/mol. The van der Waals surface area contributed by atoms with Gasteiger partial charge < -0.3 is 10.2 Å². The second kappa shape index (κ2) is 7.15. The van der Waals surface area contributed by atoms with Crippen molar-refractivity contribution >= 4 is 12.2 Å². The van der Waals surface area contributed by atoms with Gasteiger partial charge in [-0.25, -0.2) is 4.68 Å². The summed E-state index contributed by atoms with van der Waals surface area (Å²) >= 11 is 5.10. The van der Waals surface area contributed by atoms with Crippen LogP contribution >= 0.6 is 12.2 Å². The van der Waals surface area contributed by atoms with E-state index in [1.54, 1.807) is 11.0 Å². The number of para-hydroxylation sites is 1. The molecule has 4 rings (SSSR count). The number of nitrogens with zero attached hydrogens (tertiary/aromatic N) is 6. The highest BCUT2D eigenvalue weighted by molar-refractivity contribution is 7.71. The molecule has 9 nitrogen and oxygen atoms in total. The first kappa shape index (κ1) is 16.0. The zero-order valence-corrected chi connectivity index (χ0v) is 14.3. The minimum atomic E-state index is 0.290. The van der Waals surface area contributed by atoms with Gasteiger partial charge in [0.25, 0.3) is 0 Å². The topological polar surface area (TPSA) is 98.5 Å². The van der Waals surface area contributed by atoms with Gasteiger partial charge in [0.15, 0.2) is 0 Å². The van der Waals surface area contributed by atoms with E-state index in [0.717, 1.165) is 11.3 Å². The van der Waals surface area contributed by atoms with E-state index in [9.17, 15) is 0 Å². The fraction of sp³-hybridized carbons (Fsp3) is 0.0625. The van der Waals surface area contributed by atoms with E-state index in [0.29, 0.717) is 23.1 Å². The zero-order chi connectivity index (χ0) is 17.8. The van der Waals surface area contributed by atoms with Gasteiger partial charge in [-0.1, -0.05) is 35.4 Å². The Hall–Kier alpha value is -3.53. The van der Waals surface area contributed by atoms with Gasteiger partial charge in [0, 0.05) is 0 Å². The van der Waals surface area contributed by atoms with Crippen LogP contribution in [0.4, 0.5) is 0 Å². The first-order valence-electron chi connectivity index (χ1n) is 7.76. The molecule has 2 aromatic carbocycles. The van der Waals surface area contributed by atoms with Gasteiger partial charge in [0.1, 0.15) is 12.1 Å². The van der Waals surface area contributed by atoms with E-state index in [1.165, 1.54) is 4.68 Å². The van der Waals surface area contributed by atoms with Crippen LogP contribution in [-0.4, -0.2) is 35.1 Å². The maximum Gasteiger partial charge on any atom is 0.345 e. The maximum absolute atomic E-state index is 5.86. The number of aromatic amines is 1. The van der Waals surface area contributed by atoms with Gasteiger partial charge in [-0.2, -0.15) is 9.78 Å². The summed E-state index contributed by atoms with van der Waals surface area (Å²) in [6.07, 6.45) is 1.58. The summed E-state index contributed by atoms with van der Waals surface area (Å²) in [5.41, 5.74) is 4.97. The Morgan fingerprint density at radius 3 is 2.81 bits per heavy atom. The number of H-pyrrole nitrogens is 1. The van der Waals surface area contributed by atoms with Crippen molar-refractivity contribution in [1.29, 1.82) is 0 Å². The first-order valence-corrected chi connectivity index (χ1v) is 8.17. The molecule has 2 aromatic heterocycles. The van der Waals surface area contributed by atoms with Gasteiger partial charge in [-0.15, -0.1) is 0 Å². The number of ether oxygens (including phenoxy) is 1. The van der Waals surface area contributed by atoms with Crippen molar-refractivity contribution in [3.63, 3.8) is 0 Å². The molecule has 0 spiro atoms. The number of hydrogen-bond donors (Lipinski definition) is 2. The molecule has 0 aliphatic carbocycles. The van der Waals surface area contributed by atoms with E-state index in [2.05, 4.69) is 31.1 Å². The Morgan fingerprint density at radius 1 is 1.12 bits per heavy atom. The normalized spacial score (nSPS) is 10.6. The molecule has 26 heavy (non-hydrogen) atoms. The first-order chi connectivity index (χ1) is 12.8. The molecule has 130 valence electrons. The maximum atomic E-state index is 5.86. The second-order valence-electron chi connectivity index (χ2n) is 5.32. The Bertz CT molecular complexity index is 1060. The Morgan fingerprint density at radius 2 is 2.00 bits per heavy atom. The van der Waals surface area contributed by atoms with Crippen LogP contribution in [0.15, 0.2) is 60.9 Å². The predicted molar refractivity (Wildman–Crippen MR) is 96.1 cm³/mol. The average molecular weight is 366 g/mol. The highest BCUT2D eigenvalue weighted by atomic mass is 32.1. The molecule has 2 heterocycles. The molecule has 0 aliphatic heterocycles. The smallest absolute Gasteiger partial charge is 0.345 e. The molecule has 0 saturated carbocycles. The molecule has 0 saturated heterocycles. The average Bonchev–Trinajstić information content (AvgIpc) is 3.30. The summed E-state index contributed by atoms with van der Waals surface area (Å²) in [6, 6.07) is 17.5. The van der Waals surface area contributed by atoms with E-state index >= 15 is 0 Å². The zero-order valence-electron chi connectivity index (χ0n) is 13.5. The molecule has 0 atom stereocenters. The third-order valence-corrected chi connectivity index (χ3v) is 3.84. The molecule has 4 aromatic rings. The minimum Gasteiger partial charge on any atom is -0.423 e. The van der Waals surface area contributed by atoms with Gasteiger partial charge in [-0.3, -0.25) is 5.10 Å². The fourth-order valence-electron chi connectivity index (χ4n) is 2.34. The van der Waals surface area contributed by atoms with E-state index in [-0.39, 0.29) is 0 Å². The molecule has 0 unspecified atom stereocenters. The van der Waals surface area contributed by atoms with Crippen molar-refractivity contribution in [3.8, 4) is 17.4 Å². The van der Waals surface area contributed by atoms with Gasteiger partial charge >= 0.3 is 6.01 Å². The van der Waals surface area contributed by atoms with Crippen molar-refractivity contribution in [3.05, 3.63) is 71.3 Å². The standard InChI is InChI=1S/C16H14N8OS/c26-16-20-17-11-23(16)18-10-12-5-4-8-14(9-12)25-15-19-21-22-24(15)13-6-2-1-3-7-13/h1-9,11,18H,10H2,(H,20,26). The number of tetrazole rings is 1. The van der Waals surface area contributed by atoms with Crippen molar-refractivity contribution in [1.82, 2.24) is 35.1 Å². The number of benzene rings is 2. The predicted octanol–water partition coefficient (Wildman–Crippen LogP) is 2.45. The van der Waals surface area contributed by atoms with E-state index in [1.807, 2.05) is 54.6 Å². The number of rotatable bonds is 6. The highest BCUT2D eigenvalue weighted by Gasteiger charge is 2.10. The van der Waals surface area contributed by atoms with Crippen molar-refractivity contribution in [2.75, 3.05) is 5.43 Å². The van der Waals surface area contributed by atoms with Gasteiger partial charge in [-0.05, 0) is 52.5 Å². The lowest BCUT2D eigenvalue weighted by molar-refractivity contribution is 0.427. The molecule has 10 heteroatoms. The summed E-state index contributed by atoms with van der Waals surface area (Å²) in [5, 5.41) is 18.2. The van der Waals surface area contributed by atoms with E-state index in [4.69, 9.17) is 17.0 Å². The van der Waals surface area contributed by atoms with Gasteiger partial charge in [0.05, 0.1) is 12.2 Å². The Kier molecular flexibility index (Phi) is 4.39. The van der Waals surface area contributed by atoms with Crippen LogP contribution in [-0.2, 0) is 6.54 Å². The van der Waals surface area contributed by atoms with E-state index < -0.39 is 0 Å². The number of hydrogen-bond acceptors (Lipinski definition) is 7. The van der Waals surface area contributed by atoms with Crippen LogP contribution in [0.2, 0.25) is 0 Å². The SMILES string of the molecule is S=c1[nH]ncn1NCc1cccc(Oc2nnnn2-c2ccccc2)c1. The molecular formula is C16H14N8OS. The van der Waals surface area contributed by atoms with Crippen LogP contribution in [0.5, 0.6) is 11.8 Å². The van der Waals surface area contributed by atoms with Gasteiger partial charge in [0.2, 0.25) is 4.77 Å². The minimum absolute atomic E-state index is 0.290. The van der Waals surface area contributed by atoms with Crippen molar-refractivity contribution < 1.29 is 4.74 Å². The second-order valence-corrected chi connectivity index (χ2v) is 5.71. The van der Waals surface area contributed by atoms with Crippen LogP contribution in [0.1, 0.15) is 5.56 Å². The van der Waals surface area contributed by atoms with Crippen LogP contribution in [0, 0.1) is 4.77 Å².